The number of aromatic nitrogens is 2. The SMILES string of the molecule is COCCn1c(C)cc([C@H]2[C@H](c3ccccn3)NC(=S)N2C2CCCCC2)c1C. The number of thiocarbonyl (C=S) groups is 1. The van der Waals surface area contributed by atoms with Gasteiger partial charge in [0.05, 0.1) is 24.4 Å². The van der Waals surface area contributed by atoms with Crippen LogP contribution >= 0.6 is 12.2 Å². The van der Waals surface area contributed by atoms with Gasteiger partial charge in [-0.15, -0.1) is 0 Å². The Morgan fingerprint density at radius 2 is 2.00 bits per heavy atom. The van der Waals surface area contributed by atoms with Crippen LogP contribution in [0.5, 0.6) is 0 Å². The van der Waals surface area contributed by atoms with Crippen molar-refractivity contribution in [1.29, 1.82) is 0 Å². The Kier molecular flexibility index (Phi) is 6.20. The summed E-state index contributed by atoms with van der Waals surface area (Å²) >= 11 is 5.89. The molecule has 6 heteroatoms. The topological polar surface area (TPSA) is 42.3 Å². The van der Waals surface area contributed by atoms with E-state index >= 15 is 0 Å². The molecule has 0 amide bonds. The lowest BCUT2D eigenvalue weighted by atomic mass is 9.90. The van der Waals surface area contributed by atoms with Crippen molar-refractivity contribution in [1.82, 2.24) is 19.8 Å². The summed E-state index contributed by atoms with van der Waals surface area (Å²) in [6.45, 7) is 6.01. The number of pyridine rings is 1. The molecule has 156 valence electrons. The molecule has 3 heterocycles. The van der Waals surface area contributed by atoms with E-state index in [-0.39, 0.29) is 12.1 Å². The van der Waals surface area contributed by atoms with Crippen molar-refractivity contribution in [2.75, 3.05) is 13.7 Å². The molecule has 5 nitrogen and oxygen atoms in total. The summed E-state index contributed by atoms with van der Waals surface area (Å²) in [6, 6.07) is 9.24. The van der Waals surface area contributed by atoms with Crippen molar-refractivity contribution in [2.45, 2.75) is 70.6 Å². The van der Waals surface area contributed by atoms with Gasteiger partial charge in [-0.1, -0.05) is 25.3 Å². The molecule has 0 radical (unpaired) electrons. The minimum absolute atomic E-state index is 0.0713. The van der Waals surface area contributed by atoms with E-state index < -0.39 is 0 Å². The molecule has 0 aromatic carbocycles. The second-order valence-electron chi connectivity index (χ2n) is 8.30. The van der Waals surface area contributed by atoms with Gasteiger partial charge < -0.3 is 19.5 Å². The van der Waals surface area contributed by atoms with Crippen LogP contribution in [0, 0.1) is 13.8 Å². The lowest BCUT2D eigenvalue weighted by Crippen LogP contribution is -2.40. The van der Waals surface area contributed by atoms with E-state index in [0.29, 0.717) is 12.6 Å². The van der Waals surface area contributed by atoms with E-state index in [2.05, 4.69) is 51.8 Å². The molecule has 1 aliphatic carbocycles. The van der Waals surface area contributed by atoms with E-state index in [4.69, 9.17) is 17.0 Å². The first-order chi connectivity index (χ1) is 14.1. The van der Waals surface area contributed by atoms with E-state index in [1.54, 1.807) is 7.11 Å². The van der Waals surface area contributed by atoms with Crippen LogP contribution in [0.2, 0.25) is 0 Å². The molecular formula is C23H32N4OS. The maximum absolute atomic E-state index is 5.89. The molecule has 1 saturated carbocycles. The monoisotopic (exact) mass is 412 g/mol. The molecule has 2 aromatic rings. The van der Waals surface area contributed by atoms with Crippen LogP contribution in [0.1, 0.15) is 66.8 Å². The van der Waals surface area contributed by atoms with Gasteiger partial charge in [-0.25, -0.2) is 0 Å². The summed E-state index contributed by atoms with van der Waals surface area (Å²) in [5.41, 5.74) is 4.99. The first-order valence-electron chi connectivity index (χ1n) is 10.8. The van der Waals surface area contributed by atoms with Gasteiger partial charge in [0.15, 0.2) is 5.11 Å². The zero-order valence-electron chi connectivity index (χ0n) is 17.7. The molecule has 2 fully saturated rings. The zero-order chi connectivity index (χ0) is 20.4. The highest BCUT2D eigenvalue weighted by atomic mass is 32.1. The lowest BCUT2D eigenvalue weighted by molar-refractivity contribution is 0.185. The molecule has 4 rings (SSSR count). The number of nitrogens with one attached hydrogen (secondary N) is 1. The number of rotatable bonds is 6. The first-order valence-corrected chi connectivity index (χ1v) is 11.2. The van der Waals surface area contributed by atoms with Gasteiger partial charge in [0.2, 0.25) is 0 Å². The summed E-state index contributed by atoms with van der Waals surface area (Å²) in [7, 11) is 1.76. The third-order valence-corrected chi connectivity index (χ3v) is 6.88. The number of ether oxygens (including phenoxy) is 1. The maximum atomic E-state index is 5.89. The number of hydrogen-bond acceptors (Lipinski definition) is 3. The molecule has 0 unspecified atom stereocenters. The van der Waals surface area contributed by atoms with Crippen LogP contribution in [-0.2, 0) is 11.3 Å². The summed E-state index contributed by atoms with van der Waals surface area (Å²) in [6.07, 6.45) is 8.23. The van der Waals surface area contributed by atoms with Gasteiger partial charge >= 0.3 is 0 Å². The predicted molar refractivity (Wildman–Crippen MR) is 120 cm³/mol. The van der Waals surface area contributed by atoms with Crippen LogP contribution in [0.25, 0.3) is 0 Å². The van der Waals surface area contributed by atoms with Gasteiger partial charge in [-0.2, -0.15) is 0 Å². The van der Waals surface area contributed by atoms with Crippen molar-refractivity contribution in [3.8, 4) is 0 Å². The van der Waals surface area contributed by atoms with Crippen LogP contribution in [0.3, 0.4) is 0 Å². The van der Waals surface area contributed by atoms with E-state index in [1.807, 2.05) is 12.3 Å². The first kappa shape index (κ1) is 20.4. The van der Waals surface area contributed by atoms with E-state index in [1.165, 1.54) is 49.1 Å². The van der Waals surface area contributed by atoms with Crippen LogP contribution in [-0.4, -0.2) is 39.3 Å². The van der Waals surface area contributed by atoms with Gasteiger partial charge in [-0.3, -0.25) is 4.98 Å². The summed E-state index contributed by atoms with van der Waals surface area (Å²) < 4.78 is 7.71. The average molecular weight is 413 g/mol. The lowest BCUT2D eigenvalue weighted by Gasteiger charge is -2.37. The largest absolute Gasteiger partial charge is 0.383 e. The fraction of sp³-hybridized carbons (Fsp3) is 0.565. The quantitative estimate of drug-likeness (QED) is 0.710. The van der Waals surface area contributed by atoms with Crippen molar-refractivity contribution in [3.05, 3.63) is 53.1 Å². The second-order valence-corrected chi connectivity index (χ2v) is 8.68. The fourth-order valence-corrected chi connectivity index (χ4v) is 5.49. The highest BCUT2D eigenvalue weighted by Crippen LogP contribution is 2.44. The Bertz CT molecular complexity index is 844. The highest BCUT2D eigenvalue weighted by Gasteiger charge is 2.44. The zero-order valence-corrected chi connectivity index (χ0v) is 18.5. The Labute approximate surface area is 179 Å². The van der Waals surface area contributed by atoms with Gasteiger partial charge in [0, 0.05) is 37.3 Å². The smallest absolute Gasteiger partial charge is 0.170 e. The number of methoxy groups -OCH3 is 1. The molecule has 1 N–H and O–H groups in total. The Hall–Kier alpha value is -1.92. The Balaban J connectivity index is 1.76. The summed E-state index contributed by atoms with van der Waals surface area (Å²) in [5, 5.41) is 4.50. The molecule has 2 aliphatic rings. The molecule has 0 spiro atoms. The highest BCUT2D eigenvalue weighted by molar-refractivity contribution is 7.80. The third-order valence-electron chi connectivity index (χ3n) is 6.55. The second kappa shape index (κ2) is 8.84. The van der Waals surface area contributed by atoms with Crippen molar-refractivity contribution < 1.29 is 4.74 Å². The van der Waals surface area contributed by atoms with Crippen molar-refractivity contribution in [3.63, 3.8) is 0 Å². The van der Waals surface area contributed by atoms with Crippen LogP contribution in [0.15, 0.2) is 30.5 Å². The predicted octanol–water partition coefficient (Wildman–Crippen LogP) is 4.45. The van der Waals surface area contributed by atoms with E-state index in [0.717, 1.165) is 17.4 Å². The van der Waals surface area contributed by atoms with E-state index in [9.17, 15) is 0 Å². The minimum atomic E-state index is 0.0713. The Morgan fingerprint density at radius 3 is 2.69 bits per heavy atom. The molecule has 29 heavy (non-hydrogen) atoms. The molecule has 2 atom stereocenters. The van der Waals surface area contributed by atoms with Crippen LogP contribution in [0.4, 0.5) is 0 Å². The third kappa shape index (κ3) is 3.92. The molecule has 0 bridgehead atoms. The standard InChI is InChI=1S/C23H32N4OS/c1-16-15-19(17(2)26(16)13-14-28-3)22-21(20-11-7-8-12-24-20)25-23(29)27(22)18-9-5-4-6-10-18/h7-8,11-12,15,18,21-22H,4-6,9-10,13-14H2,1-3H3,(H,25,29)/t21-,22-/m0/s1. The van der Waals surface area contributed by atoms with Gasteiger partial charge in [0.1, 0.15) is 0 Å². The van der Waals surface area contributed by atoms with Crippen molar-refractivity contribution in [2.24, 2.45) is 0 Å². The minimum Gasteiger partial charge on any atom is -0.383 e. The average Bonchev–Trinajstić information content (AvgIpc) is 3.23. The van der Waals surface area contributed by atoms with Gasteiger partial charge in [0.25, 0.3) is 0 Å². The van der Waals surface area contributed by atoms with Crippen molar-refractivity contribution >= 4 is 17.3 Å². The fourth-order valence-electron chi connectivity index (χ4n) is 5.10. The molecule has 2 aromatic heterocycles. The molecular weight excluding hydrogens is 380 g/mol. The summed E-state index contributed by atoms with van der Waals surface area (Å²) in [4.78, 5) is 7.18. The molecule has 1 aliphatic heterocycles. The molecule has 1 saturated heterocycles. The normalized spacial score (nSPS) is 22.9. The number of hydrogen-bond donors (Lipinski definition) is 1. The van der Waals surface area contributed by atoms with Gasteiger partial charge in [-0.05, 0) is 62.7 Å². The number of aryl methyl sites for hydroxylation is 1. The summed E-state index contributed by atoms with van der Waals surface area (Å²) in [5.74, 6) is 0. The Morgan fingerprint density at radius 1 is 1.21 bits per heavy atom. The number of nitrogens with zero attached hydrogens (tertiary/aromatic N) is 3. The van der Waals surface area contributed by atoms with Crippen LogP contribution < -0.4 is 5.32 Å². The maximum Gasteiger partial charge on any atom is 0.170 e.